The first-order valence-electron chi connectivity index (χ1n) is 5.72. The van der Waals surface area contributed by atoms with Crippen molar-refractivity contribution < 1.29 is 24.3 Å². The van der Waals surface area contributed by atoms with Crippen LogP contribution in [0.2, 0.25) is 0 Å². The van der Waals surface area contributed by atoms with E-state index in [0.29, 0.717) is 13.1 Å². The van der Waals surface area contributed by atoms with Crippen molar-refractivity contribution in [2.75, 3.05) is 19.7 Å². The number of aromatic carboxylic acids is 1. The van der Waals surface area contributed by atoms with Gasteiger partial charge >= 0.3 is 5.97 Å². The van der Waals surface area contributed by atoms with Crippen LogP contribution in [0, 0.1) is 5.92 Å². The summed E-state index contributed by atoms with van der Waals surface area (Å²) in [5.41, 5.74) is -0.00834. The second-order valence-corrected chi connectivity index (χ2v) is 4.32. The molecule has 1 fully saturated rings. The Balaban J connectivity index is 2.07. The van der Waals surface area contributed by atoms with Gasteiger partial charge in [-0.25, -0.2) is 4.79 Å². The minimum atomic E-state index is -1.26. The molecular weight excluding hydrogens is 240 g/mol. The van der Waals surface area contributed by atoms with E-state index in [-0.39, 0.29) is 29.9 Å². The molecule has 0 saturated carbocycles. The molecule has 1 atom stereocenters. The predicted octanol–water partition coefficient (Wildman–Crippen LogP) is 0.217. The number of hydrogen-bond donors (Lipinski definition) is 2. The van der Waals surface area contributed by atoms with Crippen LogP contribution in [0.3, 0.4) is 0 Å². The lowest BCUT2D eigenvalue weighted by molar-refractivity contribution is 0.0604. The molecule has 1 unspecified atom stereocenters. The molecule has 98 valence electrons. The second kappa shape index (κ2) is 5.18. The lowest BCUT2D eigenvalue weighted by atomic mass is 9.99. The van der Waals surface area contributed by atoms with E-state index in [0.717, 1.165) is 18.9 Å². The number of likely N-dealkylation sites (tertiary alicyclic amines) is 1. The first kappa shape index (κ1) is 12.6. The number of nitrogens with zero attached hydrogens (tertiary/aromatic N) is 2. The van der Waals surface area contributed by atoms with Crippen molar-refractivity contribution in [3.63, 3.8) is 0 Å². The number of hydrogen-bond acceptors (Lipinski definition) is 5. The Labute approximate surface area is 103 Å². The van der Waals surface area contributed by atoms with E-state index in [1.54, 1.807) is 4.90 Å². The van der Waals surface area contributed by atoms with Crippen LogP contribution in [0.1, 0.15) is 33.9 Å². The van der Waals surface area contributed by atoms with E-state index in [9.17, 15) is 9.59 Å². The molecule has 2 N–H and O–H groups in total. The number of carbonyl (C=O) groups is 2. The summed E-state index contributed by atoms with van der Waals surface area (Å²) >= 11 is 0. The van der Waals surface area contributed by atoms with Crippen molar-refractivity contribution >= 4 is 11.9 Å². The van der Waals surface area contributed by atoms with Gasteiger partial charge in [0, 0.05) is 25.8 Å². The molecular formula is C11H14N2O5. The lowest BCUT2D eigenvalue weighted by Crippen LogP contribution is -2.41. The number of carboxylic acid groups (broad SMARTS) is 1. The van der Waals surface area contributed by atoms with Crippen LogP contribution < -0.4 is 0 Å². The molecule has 7 heteroatoms. The Morgan fingerprint density at radius 3 is 2.94 bits per heavy atom. The van der Waals surface area contributed by atoms with Crippen LogP contribution >= 0.6 is 0 Å². The Kier molecular flexibility index (Phi) is 3.61. The Morgan fingerprint density at radius 1 is 1.56 bits per heavy atom. The Morgan fingerprint density at radius 2 is 2.33 bits per heavy atom. The van der Waals surface area contributed by atoms with Crippen molar-refractivity contribution in [1.82, 2.24) is 10.1 Å². The van der Waals surface area contributed by atoms with E-state index in [1.807, 2.05) is 0 Å². The number of aliphatic hydroxyl groups is 1. The number of carbonyl (C=O) groups excluding carboxylic acids is 1. The maximum absolute atomic E-state index is 12.0. The minimum absolute atomic E-state index is 0.00834. The van der Waals surface area contributed by atoms with Crippen molar-refractivity contribution in [2.45, 2.75) is 12.8 Å². The van der Waals surface area contributed by atoms with Crippen LogP contribution in [0.5, 0.6) is 0 Å². The number of rotatable bonds is 3. The second-order valence-electron chi connectivity index (χ2n) is 4.32. The Bertz CT molecular complexity index is 456. The summed E-state index contributed by atoms with van der Waals surface area (Å²) in [6, 6.07) is 1.12. The Hall–Kier alpha value is -1.89. The zero-order valence-corrected chi connectivity index (χ0v) is 9.70. The monoisotopic (exact) mass is 254 g/mol. The average molecular weight is 254 g/mol. The van der Waals surface area contributed by atoms with Gasteiger partial charge in [-0.05, 0) is 18.8 Å². The number of aromatic nitrogens is 1. The summed E-state index contributed by atoms with van der Waals surface area (Å²) in [4.78, 5) is 24.2. The highest BCUT2D eigenvalue weighted by molar-refractivity contribution is 5.94. The molecule has 1 aliphatic rings. The fourth-order valence-electron chi connectivity index (χ4n) is 2.04. The van der Waals surface area contributed by atoms with Gasteiger partial charge in [-0.1, -0.05) is 5.16 Å². The highest BCUT2D eigenvalue weighted by atomic mass is 16.5. The topological polar surface area (TPSA) is 104 Å². The zero-order chi connectivity index (χ0) is 13.1. The van der Waals surface area contributed by atoms with E-state index >= 15 is 0 Å². The smallest absolute Gasteiger partial charge is 0.374 e. The van der Waals surface area contributed by atoms with E-state index in [1.165, 1.54) is 0 Å². The maximum Gasteiger partial charge on any atom is 0.374 e. The number of piperidine rings is 1. The predicted molar refractivity (Wildman–Crippen MR) is 59.2 cm³/mol. The molecule has 1 aromatic rings. The molecule has 2 heterocycles. The molecule has 0 aliphatic carbocycles. The SMILES string of the molecule is O=C(O)c1cc(C(=O)N2CCCC(CO)C2)no1. The third kappa shape index (κ3) is 2.51. The first-order chi connectivity index (χ1) is 8.61. The van der Waals surface area contributed by atoms with Crippen LogP contribution in [0.25, 0.3) is 0 Å². The summed E-state index contributed by atoms with van der Waals surface area (Å²) in [6.45, 7) is 1.10. The largest absolute Gasteiger partial charge is 0.475 e. The van der Waals surface area contributed by atoms with Crippen molar-refractivity contribution in [2.24, 2.45) is 5.92 Å². The van der Waals surface area contributed by atoms with E-state index < -0.39 is 5.97 Å². The van der Waals surface area contributed by atoms with Gasteiger partial charge in [0.05, 0.1) is 0 Å². The van der Waals surface area contributed by atoms with Gasteiger partial charge in [0.2, 0.25) is 5.76 Å². The maximum atomic E-state index is 12.0. The zero-order valence-electron chi connectivity index (χ0n) is 9.70. The lowest BCUT2D eigenvalue weighted by Gasteiger charge is -2.31. The molecule has 0 aromatic carbocycles. The van der Waals surface area contributed by atoms with Crippen LogP contribution in [0.4, 0.5) is 0 Å². The fourth-order valence-corrected chi connectivity index (χ4v) is 2.04. The van der Waals surface area contributed by atoms with Gasteiger partial charge in [-0.3, -0.25) is 4.79 Å². The first-order valence-corrected chi connectivity index (χ1v) is 5.72. The van der Waals surface area contributed by atoms with Gasteiger partial charge in [0.1, 0.15) is 0 Å². The molecule has 0 bridgehead atoms. The van der Waals surface area contributed by atoms with Gasteiger partial charge in [0.25, 0.3) is 5.91 Å². The van der Waals surface area contributed by atoms with Gasteiger partial charge in [-0.15, -0.1) is 0 Å². The summed E-state index contributed by atoms with van der Waals surface area (Å²) in [5.74, 6) is -1.89. The number of aliphatic hydroxyl groups excluding tert-OH is 1. The van der Waals surface area contributed by atoms with Crippen molar-refractivity contribution in [3.05, 3.63) is 17.5 Å². The van der Waals surface area contributed by atoms with Crippen molar-refractivity contribution in [3.8, 4) is 0 Å². The quantitative estimate of drug-likeness (QED) is 0.799. The summed E-state index contributed by atoms with van der Waals surface area (Å²) < 4.78 is 4.54. The molecule has 0 radical (unpaired) electrons. The highest BCUT2D eigenvalue weighted by Gasteiger charge is 2.26. The highest BCUT2D eigenvalue weighted by Crippen LogP contribution is 2.18. The van der Waals surface area contributed by atoms with Crippen LogP contribution in [0.15, 0.2) is 10.6 Å². The number of amides is 1. The van der Waals surface area contributed by atoms with Crippen LogP contribution in [-0.4, -0.2) is 51.8 Å². The molecule has 2 rings (SSSR count). The van der Waals surface area contributed by atoms with Gasteiger partial charge in [0.15, 0.2) is 5.69 Å². The molecule has 0 spiro atoms. The van der Waals surface area contributed by atoms with E-state index in [4.69, 9.17) is 10.2 Å². The normalized spacial score (nSPS) is 19.8. The third-order valence-electron chi connectivity index (χ3n) is 3.00. The summed E-state index contributed by atoms with van der Waals surface area (Å²) in [7, 11) is 0. The molecule has 18 heavy (non-hydrogen) atoms. The standard InChI is InChI=1S/C11H14N2O5/c14-6-7-2-1-3-13(5-7)10(15)8-4-9(11(16)17)18-12-8/h4,7,14H,1-3,5-6H2,(H,16,17). The van der Waals surface area contributed by atoms with Gasteiger partial charge in [-0.2, -0.15) is 0 Å². The summed E-state index contributed by atoms with van der Waals surface area (Å²) in [5, 5.41) is 21.2. The molecule has 1 aliphatic heterocycles. The minimum Gasteiger partial charge on any atom is -0.475 e. The van der Waals surface area contributed by atoms with Crippen molar-refractivity contribution in [1.29, 1.82) is 0 Å². The summed E-state index contributed by atoms with van der Waals surface area (Å²) in [6.07, 6.45) is 1.71. The molecule has 1 amide bonds. The third-order valence-corrected chi connectivity index (χ3v) is 3.00. The molecule has 7 nitrogen and oxygen atoms in total. The van der Waals surface area contributed by atoms with Crippen LogP contribution in [-0.2, 0) is 0 Å². The number of carboxylic acids is 1. The van der Waals surface area contributed by atoms with Gasteiger partial charge < -0.3 is 19.6 Å². The fraction of sp³-hybridized carbons (Fsp3) is 0.545. The van der Waals surface area contributed by atoms with E-state index in [2.05, 4.69) is 9.68 Å². The average Bonchev–Trinajstić information content (AvgIpc) is 2.87. The molecule has 1 aromatic heterocycles. The molecule has 1 saturated heterocycles.